The van der Waals surface area contributed by atoms with Crippen LogP contribution in [0.4, 0.5) is 10.4 Å². The summed E-state index contributed by atoms with van der Waals surface area (Å²) in [4.78, 5) is 12.7. The van der Waals surface area contributed by atoms with Crippen molar-refractivity contribution in [3.63, 3.8) is 0 Å². The number of carbonyl (C=O) groups excluding carboxylic acids is 1. The molecule has 2 heterocycles. The summed E-state index contributed by atoms with van der Waals surface area (Å²) in [5.74, 6) is -0.276. The standard InChI is InChI=1S/C14H10FN3O2S/c15-10-5-3-9(4-6-10)8-12(19)16-14-18-17-13(20-14)11-2-1-7-21-11/h1-7H,8H2,(H,16,18,19). The lowest BCUT2D eigenvalue weighted by atomic mass is 10.1. The van der Waals surface area contributed by atoms with Gasteiger partial charge in [-0.3, -0.25) is 10.1 Å². The molecule has 7 heteroatoms. The van der Waals surface area contributed by atoms with E-state index in [0.29, 0.717) is 11.5 Å². The second kappa shape index (κ2) is 5.84. The molecule has 0 aliphatic carbocycles. The number of hydrogen-bond donors (Lipinski definition) is 1. The number of hydrogen-bond acceptors (Lipinski definition) is 5. The van der Waals surface area contributed by atoms with Crippen molar-refractivity contribution in [2.75, 3.05) is 5.32 Å². The van der Waals surface area contributed by atoms with Gasteiger partial charge in [-0.15, -0.1) is 16.4 Å². The molecule has 0 atom stereocenters. The molecular formula is C14H10FN3O2S. The summed E-state index contributed by atoms with van der Waals surface area (Å²) >= 11 is 1.47. The Kier molecular flexibility index (Phi) is 3.74. The van der Waals surface area contributed by atoms with Crippen molar-refractivity contribution in [3.8, 4) is 10.8 Å². The zero-order chi connectivity index (χ0) is 14.7. The van der Waals surface area contributed by atoms with Crippen molar-refractivity contribution < 1.29 is 13.6 Å². The van der Waals surface area contributed by atoms with E-state index in [1.165, 1.54) is 23.5 Å². The fourth-order valence-electron chi connectivity index (χ4n) is 1.72. The maximum absolute atomic E-state index is 12.8. The molecule has 0 bridgehead atoms. The lowest BCUT2D eigenvalue weighted by Crippen LogP contribution is -2.14. The zero-order valence-corrected chi connectivity index (χ0v) is 11.6. The highest BCUT2D eigenvalue weighted by Crippen LogP contribution is 2.24. The third-order valence-corrected chi connectivity index (χ3v) is 3.54. The largest absolute Gasteiger partial charge is 0.402 e. The predicted molar refractivity (Wildman–Crippen MR) is 76.3 cm³/mol. The number of halogens is 1. The SMILES string of the molecule is O=C(Cc1ccc(F)cc1)Nc1nnc(-c2cccs2)o1. The van der Waals surface area contributed by atoms with Gasteiger partial charge in [0.1, 0.15) is 5.82 Å². The maximum Gasteiger partial charge on any atom is 0.322 e. The highest BCUT2D eigenvalue weighted by Gasteiger charge is 2.12. The van der Waals surface area contributed by atoms with Crippen LogP contribution in [0.15, 0.2) is 46.2 Å². The summed E-state index contributed by atoms with van der Waals surface area (Å²) in [7, 11) is 0. The molecule has 3 aromatic rings. The first kappa shape index (κ1) is 13.4. The van der Waals surface area contributed by atoms with Gasteiger partial charge >= 0.3 is 6.01 Å². The van der Waals surface area contributed by atoms with Crippen LogP contribution in [0, 0.1) is 5.82 Å². The summed E-state index contributed by atoms with van der Waals surface area (Å²) in [6.07, 6.45) is 0.108. The normalized spacial score (nSPS) is 10.5. The van der Waals surface area contributed by atoms with E-state index in [1.807, 2.05) is 17.5 Å². The Morgan fingerprint density at radius 1 is 1.24 bits per heavy atom. The van der Waals surface area contributed by atoms with Crippen LogP contribution in [0.3, 0.4) is 0 Å². The van der Waals surface area contributed by atoms with Crippen molar-refractivity contribution in [2.24, 2.45) is 0 Å². The van der Waals surface area contributed by atoms with Crippen molar-refractivity contribution in [1.29, 1.82) is 0 Å². The fourth-order valence-corrected chi connectivity index (χ4v) is 2.37. The molecule has 0 aliphatic heterocycles. The summed E-state index contributed by atoms with van der Waals surface area (Å²) in [5, 5.41) is 12.0. The Bertz CT molecular complexity index is 738. The van der Waals surface area contributed by atoms with Crippen molar-refractivity contribution in [2.45, 2.75) is 6.42 Å². The molecule has 0 saturated heterocycles. The number of nitrogens with one attached hydrogen (secondary N) is 1. The number of aromatic nitrogens is 2. The molecule has 0 saturated carbocycles. The Labute approximate surface area is 123 Å². The van der Waals surface area contributed by atoms with E-state index in [0.717, 1.165) is 4.88 Å². The zero-order valence-electron chi connectivity index (χ0n) is 10.7. The monoisotopic (exact) mass is 303 g/mol. The van der Waals surface area contributed by atoms with Crippen LogP contribution in [0.5, 0.6) is 0 Å². The molecule has 1 amide bonds. The summed E-state index contributed by atoms with van der Waals surface area (Å²) < 4.78 is 18.1. The Morgan fingerprint density at radius 3 is 2.76 bits per heavy atom. The van der Waals surface area contributed by atoms with E-state index in [2.05, 4.69) is 15.5 Å². The minimum absolute atomic E-state index is 0.0468. The lowest BCUT2D eigenvalue weighted by Gasteiger charge is -2.00. The summed E-state index contributed by atoms with van der Waals surface area (Å²) in [5.41, 5.74) is 0.701. The van der Waals surface area contributed by atoms with Gasteiger partial charge in [0.25, 0.3) is 5.89 Å². The fraction of sp³-hybridized carbons (Fsp3) is 0.0714. The molecule has 1 aromatic carbocycles. The summed E-state index contributed by atoms with van der Waals surface area (Å²) in [6, 6.07) is 9.50. The molecule has 0 fully saturated rings. The molecule has 0 radical (unpaired) electrons. The van der Waals surface area contributed by atoms with Gasteiger partial charge in [-0.05, 0) is 29.1 Å². The second-order valence-corrected chi connectivity index (χ2v) is 5.19. The van der Waals surface area contributed by atoms with Gasteiger partial charge in [-0.25, -0.2) is 4.39 Å². The quantitative estimate of drug-likeness (QED) is 0.804. The maximum atomic E-state index is 12.8. The van der Waals surface area contributed by atoms with Gasteiger partial charge in [0, 0.05) is 0 Å². The predicted octanol–water partition coefficient (Wildman–Crippen LogP) is 3.12. The molecule has 1 N–H and O–H groups in total. The summed E-state index contributed by atoms with van der Waals surface area (Å²) in [6.45, 7) is 0. The molecule has 0 spiro atoms. The van der Waals surface area contributed by atoms with Crippen LogP contribution in [0.2, 0.25) is 0 Å². The number of thiophene rings is 1. The second-order valence-electron chi connectivity index (χ2n) is 4.24. The van der Waals surface area contributed by atoms with Gasteiger partial charge in [0.05, 0.1) is 11.3 Å². The van der Waals surface area contributed by atoms with E-state index in [9.17, 15) is 9.18 Å². The smallest absolute Gasteiger partial charge is 0.322 e. The Hall–Kier alpha value is -2.54. The molecule has 2 aromatic heterocycles. The number of benzene rings is 1. The number of anilines is 1. The first-order valence-corrected chi connectivity index (χ1v) is 7.00. The minimum Gasteiger partial charge on any atom is -0.402 e. The van der Waals surface area contributed by atoms with Crippen LogP contribution >= 0.6 is 11.3 Å². The van der Waals surface area contributed by atoms with Gasteiger partial charge in [0.15, 0.2) is 0 Å². The van der Waals surface area contributed by atoms with E-state index >= 15 is 0 Å². The molecular weight excluding hydrogens is 293 g/mol. The van der Waals surface area contributed by atoms with Crippen LogP contribution < -0.4 is 5.32 Å². The highest BCUT2D eigenvalue weighted by molar-refractivity contribution is 7.13. The number of rotatable bonds is 4. The third-order valence-electron chi connectivity index (χ3n) is 2.68. The molecule has 3 rings (SSSR count). The van der Waals surface area contributed by atoms with Crippen molar-refractivity contribution >= 4 is 23.3 Å². The van der Waals surface area contributed by atoms with E-state index in [4.69, 9.17) is 4.42 Å². The molecule has 21 heavy (non-hydrogen) atoms. The van der Waals surface area contributed by atoms with E-state index in [-0.39, 0.29) is 24.2 Å². The molecule has 0 aliphatic rings. The minimum atomic E-state index is -0.336. The number of carbonyl (C=O) groups is 1. The van der Waals surface area contributed by atoms with Gasteiger partial charge in [-0.2, -0.15) is 0 Å². The molecule has 106 valence electrons. The number of amides is 1. The van der Waals surface area contributed by atoms with Crippen LogP contribution in [-0.4, -0.2) is 16.1 Å². The highest BCUT2D eigenvalue weighted by atomic mass is 32.1. The third kappa shape index (κ3) is 3.32. The molecule has 0 unspecified atom stereocenters. The van der Waals surface area contributed by atoms with Gasteiger partial charge in [-0.1, -0.05) is 23.3 Å². The van der Waals surface area contributed by atoms with Crippen LogP contribution in [0.25, 0.3) is 10.8 Å². The first-order valence-electron chi connectivity index (χ1n) is 6.12. The van der Waals surface area contributed by atoms with Gasteiger partial charge < -0.3 is 4.42 Å². The van der Waals surface area contributed by atoms with E-state index < -0.39 is 0 Å². The Morgan fingerprint density at radius 2 is 2.05 bits per heavy atom. The average Bonchev–Trinajstić information content (AvgIpc) is 3.12. The molecule has 5 nitrogen and oxygen atoms in total. The Balaban J connectivity index is 1.64. The van der Waals surface area contributed by atoms with Crippen LogP contribution in [-0.2, 0) is 11.2 Å². The van der Waals surface area contributed by atoms with Crippen molar-refractivity contribution in [3.05, 3.63) is 53.2 Å². The van der Waals surface area contributed by atoms with Gasteiger partial charge in [0.2, 0.25) is 5.91 Å². The number of nitrogens with zero attached hydrogens (tertiary/aromatic N) is 2. The average molecular weight is 303 g/mol. The first-order chi connectivity index (χ1) is 10.2. The topological polar surface area (TPSA) is 68.0 Å². The van der Waals surface area contributed by atoms with Crippen molar-refractivity contribution in [1.82, 2.24) is 10.2 Å². The van der Waals surface area contributed by atoms with E-state index in [1.54, 1.807) is 12.1 Å². The lowest BCUT2D eigenvalue weighted by molar-refractivity contribution is -0.115. The van der Waals surface area contributed by atoms with Crippen LogP contribution in [0.1, 0.15) is 5.56 Å².